The van der Waals surface area contributed by atoms with Gasteiger partial charge in [0.1, 0.15) is 0 Å². The first-order chi connectivity index (χ1) is 4.22. The van der Waals surface area contributed by atoms with Crippen molar-refractivity contribution in [1.29, 1.82) is 0 Å². The Labute approximate surface area is 64.8 Å². The van der Waals surface area contributed by atoms with Gasteiger partial charge in [0.25, 0.3) is 0 Å². The minimum Gasteiger partial charge on any atom is -0.497 e. The molecule has 0 spiro atoms. The predicted octanol–water partition coefficient (Wildman–Crippen LogP) is -1.22. The Bertz CT molecular complexity index is 98.6. The van der Waals surface area contributed by atoms with Crippen molar-refractivity contribution in [3.05, 3.63) is 0 Å². The van der Waals surface area contributed by atoms with Gasteiger partial charge in [-0.1, -0.05) is 0 Å². The van der Waals surface area contributed by atoms with Gasteiger partial charge in [0, 0.05) is 6.42 Å². The van der Waals surface area contributed by atoms with Crippen molar-refractivity contribution >= 4 is 31.4 Å². The maximum absolute atomic E-state index is 10.2. The second-order valence-electron chi connectivity index (χ2n) is 1.59. The van der Waals surface area contributed by atoms with Gasteiger partial charge in [-0.05, 0) is 5.75 Å². The fraction of sp³-hybridized carbons (Fsp3) is 0.750. The molecule has 0 aromatic carbocycles. The van der Waals surface area contributed by atoms with Gasteiger partial charge in [0.05, 0.1) is 0 Å². The number of rotatable bonds is 4. The van der Waals surface area contributed by atoms with E-state index < -0.39 is 12.0 Å². The van der Waals surface area contributed by atoms with Crippen molar-refractivity contribution in [2.45, 2.75) is 12.5 Å². The number of carboxylic acid groups (broad SMARTS) is 1. The molecule has 0 bridgehead atoms. The summed E-state index contributed by atoms with van der Waals surface area (Å²) in [5, 5.41) is 8.37. The minimum atomic E-state index is -0.862. The van der Waals surface area contributed by atoms with Crippen molar-refractivity contribution in [3.63, 3.8) is 0 Å². The van der Waals surface area contributed by atoms with Crippen LogP contribution in [0.15, 0.2) is 0 Å². The van der Waals surface area contributed by atoms with Crippen LogP contribution in [0.3, 0.4) is 0 Å². The lowest BCUT2D eigenvalue weighted by Crippen LogP contribution is -2.86. The molecule has 9 heavy (non-hydrogen) atoms. The van der Waals surface area contributed by atoms with Gasteiger partial charge in [-0.15, -0.1) is 0 Å². The quantitative estimate of drug-likeness (QED) is 0.363. The van der Waals surface area contributed by atoms with Gasteiger partial charge in [-0.3, -0.25) is 0 Å². The van der Waals surface area contributed by atoms with E-state index in [2.05, 4.69) is 25.4 Å². The molecular formula is C4H9NO2S2. The van der Waals surface area contributed by atoms with Crippen LogP contribution in [0.4, 0.5) is 0 Å². The first kappa shape index (κ1) is 9.13. The lowest BCUT2D eigenvalue weighted by Gasteiger charge is -2.10. The van der Waals surface area contributed by atoms with E-state index in [1.54, 1.807) is 0 Å². The number of hydrogen-bond acceptors (Lipinski definition) is 3. The second kappa shape index (κ2) is 4.96. The van der Waals surface area contributed by atoms with Gasteiger partial charge in [0.15, 0.2) is 6.04 Å². The van der Waals surface area contributed by atoms with Crippen LogP contribution in [0.5, 0.6) is 0 Å². The normalized spacial score (nSPS) is 13.1. The highest BCUT2D eigenvalue weighted by Gasteiger charge is 2.13. The van der Waals surface area contributed by atoms with E-state index >= 15 is 0 Å². The van der Waals surface area contributed by atoms with E-state index in [4.69, 9.17) is 5.11 Å². The van der Waals surface area contributed by atoms with Gasteiger partial charge in [0.2, 0.25) is 0 Å². The first-order valence-electron chi connectivity index (χ1n) is 2.51. The summed E-state index contributed by atoms with van der Waals surface area (Å²) < 4.78 is 1.26. The molecule has 1 atom stereocenters. The van der Waals surface area contributed by atoms with E-state index in [0.717, 1.165) is 0 Å². The number of nitrogens with two attached hydrogens (primary N) is 1. The lowest BCUT2D eigenvalue weighted by atomic mass is 10.2. The molecule has 0 aromatic rings. The van der Waals surface area contributed by atoms with Gasteiger partial charge in [-0.25, -0.2) is 4.79 Å². The highest BCUT2D eigenvalue weighted by atomic mass is 32.1. The molecule has 0 fully saturated rings. The Morgan fingerprint density at radius 2 is 2.44 bits per heavy atom. The molecule has 54 valence electrons. The third-order valence-corrected chi connectivity index (χ3v) is 1.51. The van der Waals surface area contributed by atoms with Crippen LogP contribution in [0.1, 0.15) is 6.42 Å². The molecule has 0 rings (SSSR count). The third-order valence-electron chi connectivity index (χ3n) is 0.922. The highest BCUT2D eigenvalue weighted by Crippen LogP contribution is 1.87. The van der Waals surface area contributed by atoms with Crippen LogP contribution in [0, 0.1) is 0 Å². The fourth-order valence-corrected chi connectivity index (χ4v) is 0.919. The van der Waals surface area contributed by atoms with Crippen molar-refractivity contribution in [3.8, 4) is 0 Å². The molecule has 0 aliphatic heterocycles. The van der Waals surface area contributed by atoms with E-state index in [0.29, 0.717) is 12.2 Å². The molecule has 0 aliphatic carbocycles. The highest BCUT2D eigenvalue weighted by molar-refractivity contribution is 7.80. The average Bonchev–Trinajstić information content (AvgIpc) is 1.82. The van der Waals surface area contributed by atoms with Crippen molar-refractivity contribution in [2.24, 2.45) is 0 Å². The molecule has 5 heteroatoms. The van der Waals surface area contributed by atoms with Gasteiger partial charge < -0.3 is 22.6 Å². The SMILES string of the molecule is O=C(O)C(CCS)[NH2+][S-]. The summed E-state index contributed by atoms with van der Waals surface area (Å²) in [6.45, 7) is 0. The summed E-state index contributed by atoms with van der Waals surface area (Å²) >= 11 is 8.35. The summed E-state index contributed by atoms with van der Waals surface area (Å²) in [6.07, 6.45) is 0.516. The zero-order valence-corrected chi connectivity index (χ0v) is 6.49. The van der Waals surface area contributed by atoms with E-state index in [-0.39, 0.29) is 0 Å². The maximum atomic E-state index is 10.2. The molecule has 0 aliphatic rings. The topological polar surface area (TPSA) is 53.9 Å². The van der Waals surface area contributed by atoms with Crippen molar-refractivity contribution < 1.29 is 14.6 Å². The Hall–Kier alpha value is 0.130. The van der Waals surface area contributed by atoms with Gasteiger partial charge in [-0.2, -0.15) is 12.6 Å². The molecule has 1 unspecified atom stereocenters. The molecule has 0 amide bonds. The maximum Gasteiger partial charge on any atom is 0.361 e. The number of carbonyl (C=O) groups is 1. The predicted molar refractivity (Wildman–Crippen MR) is 39.2 cm³/mol. The molecule has 3 nitrogen and oxygen atoms in total. The van der Waals surface area contributed by atoms with Crippen LogP contribution < -0.4 is 4.72 Å². The first-order valence-corrected chi connectivity index (χ1v) is 3.61. The molecule has 0 saturated heterocycles. The number of hydrogen-bond donors (Lipinski definition) is 3. The Balaban J connectivity index is 3.54. The largest absolute Gasteiger partial charge is 0.497 e. The molecule has 0 radical (unpaired) electrons. The Morgan fingerprint density at radius 1 is 1.89 bits per heavy atom. The van der Waals surface area contributed by atoms with Crippen molar-refractivity contribution in [2.75, 3.05) is 5.75 Å². The second-order valence-corrected chi connectivity index (χ2v) is 2.31. The molecule has 3 N–H and O–H groups in total. The van der Waals surface area contributed by atoms with Crippen molar-refractivity contribution in [1.82, 2.24) is 0 Å². The summed E-state index contributed by atoms with van der Waals surface area (Å²) in [6, 6.07) is -0.502. The fourth-order valence-electron chi connectivity index (χ4n) is 0.389. The molecular weight excluding hydrogens is 158 g/mol. The molecule has 0 heterocycles. The zero-order valence-electron chi connectivity index (χ0n) is 4.78. The third kappa shape index (κ3) is 3.66. The van der Waals surface area contributed by atoms with E-state index in [1.165, 1.54) is 4.72 Å². The van der Waals surface area contributed by atoms with Crippen LogP contribution in [-0.4, -0.2) is 22.9 Å². The molecule has 0 saturated carbocycles. The minimum absolute atomic E-state index is 0.502. The molecule has 0 aromatic heterocycles. The Kier molecular flexibility index (Phi) is 5.03. The monoisotopic (exact) mass is 167 g/mol. The Morgan fingerprint density at radius 3 is 2.56 bits per heavy atom. The number of thiol groups is 1. The number of quaternary nitrogens is 1. The van der Waals surface area contributed by atoms with Gasteiger partial charge >= 0.3 is 5.97 Å². The zero-order chi connectivity index (χ0) is 7.28. The van der Waals surface area contributed by atoms with Crippen LogP contribution >= 0.6 is 12.6 Å². The smallest absolute Gasteiger partial charge is 0.361 e. The van der Waals surface area contributed by atoms with E-state index in [1.807, 2.05) is 0 Å². The summed E-state index contributed by atoms with van der Waals surface area (Å²) in [5.41, 5.74) is 0. The van der Waals surface area contributed by atoms with Crippen LogP contribution in [0.25, 0.3) is 0 Å². The van der Waals surface area contributed by atoms with E-state index in [9.17, 15) is 4.79 Å². The number of carboxylic acids is 1. The standard InChI is InChI=1S/C4H9NO2S2/c6-4(7)3(5-9)1-2-8/h3,8H,1-2,5H2,(H,6,7). The summed E-state index contributed by atoms with van der Waals surface area (Å²) in [7, 11) is 0. The average molecular weight is 167 g/mol. The summed E-state index contributed by atoms with van der Waals surface area (Å²) in [4.78, 5) is 10.2. The van der Waals surface area contributed by atoms with Crippen LogP contribution in [0.2, 0.25) is 0 Å². The number of aliphatic carboxylic acids is 1. The summed E-state index contributed by atoms with van der Waals surface area (Å²) in [5.74, 6) is -0.302. The lowest BCUT2D eigenvalue weighted by molar-refractivity contribution is -0.510. The van der Waals surface area contributed by atoms with Crippen LogP contribution in [-0.2, 0) is 17.6 Å².